The number of nitrogens with zero attached hydrogens (tertiary/aromatic N) is 6. The number of pyridine rings is 1. The van der Waals surface area contributed by atoms with Crippen molar-refractivity contribution in [2.24, 2.45) is 5.73 Å². The lowest BCUT2D eigenvalue weighted by Crippen LogP contribution is -2.63. The van der Waals surface area contributed by atoms with Gasteiger partial charge in [0.15, 0.2) is 28.5 Å². The lowest BCUT2D eigenvalue weighted by atomic mass is 9.84. The number of amides is 1. The van der Waals surface area contributed by atoms with Crippen LogP contribution in [0.5, 0.6) is 5.75 Å². The number of piperidine rings is 1. The minimum atomic E-state index is -3.04. The Kier molecular flexibility index (Phi) is 9.58. The van der Waals surface area contributed by atoms with Gasteiger partial charge in [-0.25, -0.2) is 37.3 Å². The zero-order valence-corrected chi connectivity index (χ0v) is 25.4. The number of carbonyl (C=O) groups excluding carboxylic acids is 1. The molecule has 0 aliphatic carbocycles. The predicted molar refractivity (Wildman–Crippen MR) is 161 cm³/mol. The summed E-state index contributed by atoms with van der Waals surface area (Å²) in [5, 5.41) is 12.8. The van der Waals surface area contributed by atoms with Crippen LogP contribution in [-0.4, -0.2) is 80.1 Å². The molecule has 4 N–H and O–H groups in total. The highest BCUT2D eigenvalue weighted by atomic mass is 19.3. The molecule has 12 nitrogen and oxygen atoms in total. The van der Waals surface area contributed by atoms with Gasteiger partial charge < -0.3 is 29.8 Å². The van der Waals surface area contributed by atoms with E-state index in [0.717, 1.165) is 12.1 Å². The number of aliphatic hydroxyl groups is 1. The van der Waals surface area contributed by atoms with E-state index in [4.69, 9.17) is 15.2 Å². The number of nitrogens with two attached hydrogens (primary N) is 1. The number of anilines is 2. The molecule has 0 spiro atoms. The summed E-state index contributed by atoms with van der Waals surface area (Å²) < 4.78 is 68.6. The van der Waals surface area contributed by atoms with Crippen molar-refractivity contribution >= 4 is 28.8 Å². The predicted octanol–water partition coefficient (Wildman–Crippen LogP) is 4.49. The first kappa shape index (κ1) is 32.8. The molecule has 0 bridgehead atoms. The molecule has 1 aliphatic rings. The number of aromatic nitrogens is 5. The fraction of sp³-hybridized carbons (Fsp3) is 0.433. The van der Waals surface area contributed by atoms with E-state index in [-0.39, 0.29) is 54.0 Å². The lowest BCUT2D eigenvalue weighted by molar-refractivity contribution is -0.0529. The summed E-state index contributed by atoms with van der Waals surface area (Å²) in [7, 11) is 1.22. The molecule has 1 amide bonds. The summed E-state index contributed by atoms with van der Waals surface area (Å²) in [6.07, 6.45) is -0.796. The molecule has 1 aliphatic heterocycles. The topological polar surface area (TPSA) is 154 Å². The molecule has 1 aromatic carbocycles. The molecule has 4 aromatic rings. The number of hydrogen-bond acceptors (Lipinski definition) is 10. The summed E-state index contributed by atoms with van der Waals surface area (Å²) >= 11 is 0. The molecule has 5 rings (SSSR count). The molecule has 0 radical (unpaired) electrons. The maximum atomic E-state index is 15.1. The smallest absolute Gasteiger partial charge is 0.413 e. The van der Waals surface area contributed by atoms with E-state index in [0.29, 0.717) is 36.3 Å². The fourth-order valence-electron chi connectivity index (χ4n) is 5.40. The normalized spacial score (nSPS) is 18.1. The molecule has 246 valence electrons. The van der Waals surface area contributed by atoms with Gasteiger partial charge in [0, 0.05) is 24.7 Å². The van der Waals surface area contributed by atoms with Gasteiger partial charge in [-0.2, -0.15) is 0 Å². The van der Waals surface area contributed by atoms with E-state index in [2.05, 4.69) is 25.3 Å². The number of nitrogens with one attached hydrogen (secondary N) is 1. The molecule has 1 fully saturated rings. The van der Waals surface area contributed by atoms with Crippen LogP contribution in [0.2, 0.25) is 0 Å². The average molecular weight is 647 g/mol. The first-order valence-electron chi connectivity index (χ1n) is 14.6. The molecule has 4 heterocycles. The number of methoxy groups -OCH3 is 1. The monoisotopic (exact) mass is 646 g/mol. The van der Waals surface area contributed by atoms with Gasteiger partial charge >= 0.3 is 6.09 Å². The Bertz CT molecular complexity index is 1720. The van der Waals surface area contributed by atoms with Crippen LogP contribution in [-0.2, 0) is 11.3 Å². The average Bonchev–Trinajstić information content (AvgIpc) is 3.44. The quantitative estimate of drug-likeness (QED) is 0.210. The molecule has 1 unspecified atom stereocenters. The summed E-state index contributed by atoms with van der Waals surface area (Å²) in [6.45, 7) is 3.98. The lowest BCUT2D eigenvalue weighted by Gasteiger charge is -2.44. The number of rotatable bonds is 10. The number of carbonyl (C=O) groups is 1. The van der Waals surface area contributed by atoms with Crippen LogP contribution in [0.1, 0.15) is 38.7 Å². The molecular weight excluding hydrogens is 612 g/mol. The molecular formula is C30H34F4N8O4. The van der Waals surface area contributed by atoms with Crippen molar-refractivity contribution in [2.45, 2.75) is 63.8 Å². The number of benzene rings is 1. The number of imidazole rings is 1. The SMILES string of the molecule is CCC(C)OC(=O)Nc1ncnc2c1ncn2Cc1cc(-c2cc(F)c(OC)cc2F)ncc1N1CCC[C@](N)([C@H](O)C(F)F)C1. The number of aliphatic hydroxyl groups excluding tert-OH is 1. The van der Waals surface area contributed by atoms with E-state index in [9.17, 15) is 23.1 Å². The molecule has 46 heavy (non-hydrogen) atoms. The third kappa shape index (κ3) is 6.67. The van der Waals surface area contributed by atoms with Crippen LogP contribution in [0, 0.1) is 11.6 Å². The maximum Gasteiger partial charge on any atom is 0.413 e. The Hall–Kier alpha value is -4.57. The number of fused-ring (bicyclic) bond motifs is 1. The summed E-state index contributed by atoms with van der Waals surface area (Å²) in [6, 6.07) is 3.44. The molecule has 0 saturated carbocycles. The third-order valence-corrected chi connectivity index (χ3v) is 8.05. The zero-order valence-electron chi connectivity index (χ0n) is 25.4. The van der Waals surface area contributed by atoms with E-state index in [1.54, 1.807) is 22.5 Å². The largest absolute Gasteiger partial charge is 0.494 e. The van der Waals surface area contributed by atoms with Crippen LogP contribution in [0.15, 0.2) is 37.1 Å². The van der Waals surface area contributed by atoms with Crippen LogP contribution >= 0.6 is 0 Å². The second-order valence-corrected chi connectivity index (χ2v) is 11.2. The van der Waals surface area contributed by atoms with Crippen LogP contribution in [0.3, 0.4) is 0 Å². The van der Waals surface area contributed by atoms with Crippen LogP contribution in [0.4, 0.5) is 33.9 Å². The standard InChI is InChI=1S/C30H34F4N8O4/c1-4-16(2)46-29(44)40-27-24-28(38-14-37-27)42(15-39-24)12-17-8-21(18-9-20(32)23(45-3)10-19(18)31)36-11-22(17)41-7-5-6-30(35,13-41)25(43)26(33)34/h8-11,14-16,25-26,43H,4-7,12-13,35H2,1-3H3,(H,37,38,40,44)/t16?,25-,30-/m1/s1. The third-order valence-electron chi connectivity index (χ3n) is 8.05. The first-order valence-corrected chi connectivity index (χ1v) is 14.6. The van der Waals surface area contributed by atoms with Gasteiger partial charge in [0.2, 0.25) is 0 Å². The highest BCUT2D eigenvalue weighted by Gasteiger charge is 2.43. The Morgan fingerprint density at radius 1 is 1.17 bits per heavy atom. The molecule has 3 atom stereocenters. The van der Waals surface area contributed by atoms with E-state index in [1.807, 2.05) is 6.92 Å². The van der Waals surface area contributed by atoms with Gasteiger partial charge in [0.05, 0.1) is 43.1 Å². The van der Waals surface area contributed by atoms with Gasteiger partial charge in [0.25, 0.3) is 6.43 Å². The highest BCUT2D eigenvalue weighted by molar-refractivity contribution is 5.93. The summed E-state index contributed by atoms with van der Waals surface area (Å²) in [4.78, 5) is 31.3. The van der Waals surface area contributed by atoms with Crippen molar-refractivity contribution in [2.75, 3.05) is 30.4 Å². The Labute approximate surface area is 261 Å². The van der Waals surface area contributed by atoms with E-state index >= 15 is 4.39 Å². The van der Waals surface area contributed by atoms with Crippen molar-refractivity contribution in [3.05, 3.63) is 54.2 Å². The van der Waals surface area contributed by atoms with Crippen molar-refractivity contribution < 1.29 is 36.9 Å². The van der Waals surface area contributed by atoms with Crippen molar-refractivity contribution in [3.8, 4) is 17.0 Å². The fourth-order valence-corrected chi connectivity index (χ4v) is 5.40. The first-order chi connectivity index (χ1) is 21.9. The van der Waals surface area contributed by atoms with Gasteiger partial charge in [0.1, 0.15) is 24.4 Å². The Morgan fingerprint density at radius 2 is 1.96 bits per heavy atom. The molecule has 3 aromatic heterocycles. The van der Waals surface area contributed by atoms with Gasteiger partial charge in [-0.05, 0) is 43.9 Å². The van der Waals surface area contributed by atoms with Crippen molar-refractivity contribution in [1.29, 1.82) is 0 Å². The molecule has 1 saturated heterocycles. The highest BCUT2D eigenvalue weighted by Crippen LogP contribution is 2.35. The number of halogens is 4. The number of alkyl halides is 2. The molecule has 16 heteroatoms. The maximum absolute atomic E-state index is 15.1. The Balaban J connectivity index is 1.55. The van der Waals surface area contributed by atoms with Gasteiger partial charge in [-0.3, -0.25) is 10.3 Å². The zero-order chi connectivity index (χ0) is 33.2. The van der Waals surface area contributed by atoms with Gasteiger partial charge in [-0.1, -0.05) is 6.92 Å². The van der Waals surface area contributed by atoms with Crippen LogP contribution < -0.4 is 20.7 Å². The minimum absolute atomic E-state index is 0.0564. The van der Waals surface area contributed by atoms with E-state index in [1.165, 1.54) is 26.0 Å². The van der Waals surface area contributed by atoms with Gasteiger partial charge in [-0.15, -0.1) is 0 Å². The second kappa shape index (κ2) is 13.4. The van der Waals surface area contributed by atoms with Crippen molar-refractivity contribution in [1.82, 2.24) is 24.5 Å². The van der Waals surface area contributed by atoms with Crippen LogP contribution in [0.25, 0.3) is 22.4 Å². The Morgan fingerprint density at radius 3 is 2.67 bits per heavy atom. The van der Waals surface area contributed by atoms with Crippen molar-refractivity contribution in [3.63, 3.8) is 0 Å². The number of hydrogen-bond donors (Lipinski definition) is 3. The van der Waals surface area contributed by atoms with E-state index < -0.39 is 35.8 Å². The summed E-state index contributed by atoms with van der Waals surface area (Å²) in [5.41, 5.74) is 6.24. The summed E-state index contributed by atoms with van der Waals surface area (Å²) in [5.74, 6) is -1.72. The second-order valence-electron chi connectivity index (χ2n) is 11.2. The number of ether oxygens (including phenoxy) is 2. The minimum Gasteiger partial charge on any atom is -0.494 e.